The van der Waals surface area contributed by atoms with E-state index < -0.39 is 0 Å². The Labute approximate surface area is 106 Å². The van der Waals surface area contributed by atoms with Crippen molar-refractivity contribution < 1.29 is 9.13 Å². The molecule has 1 nitrogen and oxygen atoms in total. The molecule has 90 valence electrons. The van der Waals surface area contributed by atoms with Gasteiger partial charge in [-0.05, 0) is 48.4 Å². The number of aryl methyl sites for hydroxylation is 1. The van der Waals surface area contributed by atoms with Crippen LogP contribution in [0, 0.1) is 25.1 Å². The molecule has 0 N–H and O–H groups in total. The molecule has 0 aliphatic rings. The molecule has 0 fully saturated rings. The Morgan fingerprint density at radius 3 is 2.56 bits per heavy atom. The molecule has 0 atom stereocenters. The van der Waals surface area contributed by atoms with Crippen LogP contribution < -0.4 is 4.74 Å². The van der Waals surface area contributed by atoms with Gasteiger partial charge in [-0.25, -0.2) is 4.39 Å². The van der Waals surface area contributed by atoms with Gasteiger partial charge in [0.2, 0.25) is 0 Å². The van der Waals surface area contributed by atoms with Crippen molar-refractivity contribution >= 4 is 0 Å². The van der Waals surface area contributed by atoms with Crippen molar-refractivity contribution in [1.29, 1.82) is 0 Å². The molecule has 0 aromatic heterocycles. The number of hydrogen-bond acceptors (Lipinski definition) is 1. The molecule has 0 heterocycles. The Bertz CT molecular complexity index is 623. The lowest BCUT2D eigenvalue weighted by Gasteiger charge is -2.10. The third-order valence-electron chi connectivity index (χ3n) is 2.84. The highest BCUT2D eigenvalue weighted by Gasteiger charge is 2.08. The van der Waals surface area contributed by atoms with Gasteiger partial charge < -0.3 is 4.74 Å². The van der Waals surface area contributed by atoms with Crippen molar-refractivity contribution in [2.24, 2.45) is 0 Å². The molecule has 2 rings (SSSR count). The normalized spacial score (nSPS) is 9.89. The zero-order chi connectivity index (χ0) is 13.1. The third-order valence-corrected chi connectivity index (χ3v) is 2.84. The van der Waals surface area contributed by atoms with Gasteiger partial charge in [0.15, 0.2) is 0 Å². The molecular formula is C16H13FO. The van der Waals surface area contributed by atoms with Crippen LogP contribution >= 0.6 is 0 Å². The highest BCUT2D eigenvalue weighted by Crippen LogP contribution is 2.31. The summed E-state index contributed by atoms with van der Waals surface area (Å²) in [5, 5.41) is 0. The molecule has 2 heteroatoms. The topological polar surface area (TPSA) is 9.23 Å². The van der Waals surface area contributed by atoms with Crippen LogP contribution in [0.15, 0.2) is 36.4 Å². The van der Waals surface area contributed by atoms with E-state index in [-0.39, 0.29) is 5.82 Å². The fraction of sp³-hybridized carbons (Fsp3) is 0.125. The molecule has 2 aromatic carbocycles. The number of halogens is 1. The summed E-state index contributed by atoms with van der Waals surface area (Å²) >= 11 is 0. The molecule has 0 spiro atoms. The zero-order valence-corrected chi connectivity index (χ0v) is 10.3. The van der Waals surface area contributed by atoms with Gasteiger partial charge in [0.1, 0.15) is 11.6 Å². The molecule has 0 aliphatic heterocycles. The van der Waals surface area contributed by atoms with Gasteiger partial charge in [0, 0.05) is 11.1 Å². The van der Waals surface area contributed by atoms with E-state index in [2.05, 4.69) is 5.92 Å². The highest BCUT2D eigenvalue weighted by molar-refractivity contribution is 5.72. The summed E-state index contributed by atoms with van der Waals surface area (Å²) in [5.41, 5.74) is 3.13. The Balaban J connectivity index is 2.61. The average molecular weight is 240 g/mol. The summed E-state index contributed by atoms with van der Waals surface area (Å²) in [4.78, 5) is 0. The van der Waals surface area contributed by atoms with E-state index in [0.717, 1.165) is 22.4 Å². The lowest BCUT2D eigenvalue weighted by atomic mass is 10.00. The van der Waals surface area contributed by atoms with Gasteiger partial charge in [-0.1, -0.05) is 12.0 Å². The van der Waals surface area contributed by atoms with E-state index in [1.54, 1.807) is 26.2 Å². The summed E-state index contributed by atoms with van der Waals surface area (Å²) in [6.45, 7) is 1.73. The second-order valence-electron chi connectivity index (χ2n) is 4.02. The van der Waals surface area contributed by atoms with E-state index in [0.29, 0.717) is 5.56 Å². The second kappa shape index (κ2) is 4.93. The van der Waals surface area contributed by atoms with Gasteiger partial charge in [0.05, 0.1) is 7.11 Å². The molecule has 0 bridgehead atoms. The molecule has 0 unspecified atom stereocenters. The molecule has 0 aliphatic carbocycles. The molecule has 0 saturated carbocycles. The maximum atomic E-state index is 13.3. The maximum absolute atomic E-state index is 13.3. The van der Waals surface area contributed by atoms with E-state index in [4.69, 9.17) is 11.2 Å². The monoisotopic (exact) mass is 240 g/mol. The Kier molecular flexibility index (Phi) is 3.34. The first-order chi connectivity index (χ1) is 8.65. The van der Waals surface area contributed by atoms with E-state index in [1.807, 2.05) is 18.2 Å². The first-order valence-electron chi connectivity index (χ1n) is 5.57. The predicted octanol–water partition coefficient (Wildman–Crippen LogP) is 3.79. The van der Waals surface area contributed by atoms with Gasteiger partial charge in [0.25, 0.3) is 0 Å². The SMILES string of the molecule is C#Cc1ccc(OC)c(-c2ccc(F)c(C)c2)c1. The molecule has 0 amide bonds. The number of terminal acetylenes is 1. The van der Waals surface area contributed by atoms with Gasteiger partial charge in [-0.15, -0.1) is 6.42 Å². The Hall–Kier alpha value is -2.27. The van der Waals surface area contributed by atoms with Crippen molar-refractivity contribution in [1.82, 2.24) is 0 Å². The van der Waals surface area contributed by atoms with Crippen LogP contribution in [0.25, 0.3) is 11.1 Å². The van der Waals surface area contributed by atoms with Crippen LogP contribution in [0.2, 0.25) is 0 Å². The minimum Gasteiger partial charge on any atom is -0.496 e. The lowest BCUT2D eigenvalue weighted by molar-refractivity contribution is 0.416. The van der Waals surface area contributed by atoms with Crippen molar-refractivity contribution in [2.45, 2.75) is 6.92 Å². The highest BCUT2D eigenvalue weighted by atomic mass is 19.1. The lowest BCUT2D eigenvalue weighted by Crippen LogP contribution is -1.90. The van der Waals surface area contributed by atoms with Crippen LogP contribution in [0.5, 0.6) is 5.75 Å². The third kappa shape index (κ3) is 2.21. The first-order valence-corrected chi connectivity index (χ1v) is 5.57. The molecule has 2 aromatic rings. The quantitative estimate of drug-likeness (QED) is 0.726. The summed E-state index contributed by atoms with van der Waals surface area (Å²) < 4.78 is 18.6. The molecule has 0 saturated heterocycles. The van der Waals surface area contributed by atoms with E-state index in [9.17, 15) is 4.39 Å². The van der Waals surface area contributed by atoms with Crippen LogP contribution in [0.4, 0.5) is 4.39 Å². The van der Waals surface area contributed by atoms with E-state index >= 15 is 0 Å². The number of ether oxygens (including phenoxy) is 1. The molecule has 0 radical (unpaired) electrons. The fourth-order valence-electron chi connectivity index (χ4n) is 1.84. The predicted molar refractivity (Wildman–Crippen MR) is 71.1 cm³/mol. The fourth-order valence-corrected chi connectivity index (χ4v) is 1.84. The minimum atomic E-state index is -0.217. The second-order valence-corrected chi connectivity index (χ2v) is 4.02. The largest absolute Gasteiger partial charge is 0.496 e. The zero-order valence-electron chi connectivity index (χ0n) is 10.3. The first kappa shape index (κ1) is 12.2. The van der Waals surface area contributed by atoms with Crippen molar-refractivity contribution in [3.63, 3.8) is 0 Å². The van der Waals surface area contributed by atoms with Crippen LogP contribution in [0.1, 0.15) is 11.1 Å². The van der Waals surface area contributed by atoms with Crippen LogP contribution in [-0.4, -0.2) is 7.11 Å². The van der Waals surface area contributed by atoms with Crippen molar-refractivity contribution in [2.75, 3.05) is 7.11 Å². The molecule has 18 heavy (non-hydrogen) atoms. The summed E-state index contributed by atoms with van der Waals surface area (Å²) in [6.07, 6.45) is 5.39. The van der Waals surface area contributed by atoms with Crippen LogP contribution in [0.3, 0.4) is 0 Å². The number of benzene rings is 2. The van der Waals surface area contributed by atoms with Crippen LogP contribution in [-0.2, 0) is 0 Å². The number of rotatable bonds is 2. The number of methoxy groups -OCH3 is 1. The average Bonchev–Trinajstić information content (AvgIpc) is 2.41. The van der Waals surface area contributed by atoms with E-state index in [1.165, 1.54) is 6.07 Å². The maximum Gasteiger partial charge on any atom is 0.126 e. The van der Waals surface area contributed by atoms with Crippen molar-refractivity contribution in [3.05, 3.63) is 53.3 Å². The van der Waals surface area contributed by atoms with Gasteiger partial charge in [-0.3, -0.25) is 0 Å². The standard InChI is InChI=1S/C16H13FO/c1-4-12-5-8-16(18-3)14(10-12)13-6-7-15(17)11(2)9-13/h1,5-10H,2-3H3. The smallest absolute Gasteiger partial charge is 0.126 e. The number of hydrogen-bond donors (Lipinski definition) is 0. The molecular weight excluding hydrogens is 227 g/mol. The minimum absolute atomic E-state index is 0.217. The summed E-state index contributed by atoms with van der Waals surface area (Å²) in [5.74, 6) is 3.09. The van der Waals surface area contributed by atoms with Crippen molar-refractivity contribution in [3.8, 4) is 29.2 Å². The Morgan fingerprint density at radius 1 is 1.17 bits per heavy atom. The Morgan fingerprint density at radius 2 is 1.94 bits per heavy atom. The van der Waals surface area contributed by atoms with Gasteiger partial charge >= 0.3 is 0 Å². The summed E-state index contributed by atoms with van der Waals surface area (Å²) in [7, 11) is 1.60. The van der Waals surface area contributed by atoms with Gasteiger partial charge in [-0.2, -0.15) is 0 Å². The summed E-state index contributed by atoms with van der Waals surface area (Å²) in [6, 6.07) is 10.5.